The van der Waals surface area contributed by atoms with Crippen LogP contribution in [0.15, 0.2) is 84.9 Å². The van der Waals surface area contributed by atoms with Gasteiger partial charge in [0.1, 0.15) is 5.69 Å². The number of fused-ring (bicyclic) bond motifs is 2. The Kier molecular flexibility index (Phi) is 5.46. The molecule has 178 valence electrons. The third-order valence-electron chi connectivity index (χ3n) is 5.87. The molecule has 0 saturated heterocycles. The topological polar surface area (TPSA) is 87.5 Å². The molecule has 0 aliphatic carbocycles. The summed E-state index contributed by atoms with van der Waals surface area (Å²) in [6.45, 7) is 1.97. The lowest BCUT2D eigenvalue weighted by Gasteiger charge is -2.09. The highest BCUT2D eigenvalue weighted by Crippen LogP contribution is 2.35. The highest BCUT2D eigenvalue weighted by Gasteiger charge is 2.19. The number of anilines is 1. The summed E-state index contributed by atoms with van der Waals surface area (Å²) in [5.74, 6) is 1.29. The predicted molar refractivity (Wildman–Crippen MR) is 136 cm³/mol. The summed E-state index contributed by atoms with van der Waals surface area (Å²) >= 11 is 0. The van der Waals surface area contributed by atoms with Crippen LogP contribution in [0.25, 0.3) is 28.0 Å². The van der Waals surface area contributed by atoms with Gasteiger partial charge in [-0.2, -0.15) is 10.1 Å². The molecule has 1 amide bonds. The number of aromatic nitrogens is 3. The Hall–Kier alpha value is -4.85. The van der Waals surface area contributed by atoms with Crippen LogP contribution in [0.5, 0.6) is 17.4 Å². The second-order valence-corrected chi connectivity index (χ2v) is 8.34. The number of benzene rings is 3. The number of para-hydroxylation sites is 1. The van der Waals surface area contributed by atoms with Crippen molar-refractivity contribution in [1.29, 1.82) is 0 Å². The Morgan fingerprint density at radius 2 is 1.72 bits per heavy atom. The number of pyridine rings is 1. The van der Waals surface area contributed by atoms with Gasteiger partial charge in [0.2, 0.25) is 12.7 Å². The van der Waals surface area contributed by atoms with Gasteiger partial charge in [-0.05, 0) is 36.8 Å². The number of carbonyl (C=O) groups excluding carboxylic acids is 1. The first-order valence-corrected chi connectivity index (χ1v) is 11.5. The SMILES string of the molecule is Cc1cc(OCC(=O)Nc2ccc3c(c2)OCO3)nc2c1c(-c1ccccc1)nn2-c1ccccc1. The van der Waals surface area contributed by atoms with E-state index in [0.717, 1.165) is 27.9 Å². The van der Waals surface area contributed by atoms with E-state index in [2.05, 4.69) is 5.32 Å². The maximum Gasteiger partial charge on any atom is 0.262 e. The molecule has 6 rings (SSSR count). The summed E-state index contributed by atoms with van der Waals surface area (Å²) in [4.78, 5) is 17.3. The van der Waals surface area contributed by atoms with E-state index in [9.17, 15) is 4.79 Å². The van der Waals surface area contributed by atoms with Crippen molar-refractivity contribution in [2.45, 2.75) is 6.92 Å². The summed E-state index contributed by atoms with van der Waals surface area (Å²) in [7, 11) is 0. The lowest BCUT2D eigenvalue weighted by Crippen LogP contribution is -2.20. The van der Waals surface area contributed by atoms with Crippen molar-refractivity contribution in [1.82, 2.24) is 14.8 Å². The molecular weight excluding hydrogens is 456 g/mol. The number of carbonyl (C=O) groups is 1. The number of nitrogens with one attached hydrogen (secondary N) is 1. The van der Waals surface area contributed by atoms with E-state index in [1.54, 1.807) is 18.2 Å². The van der Waals surface area contributed by atoms with Gasteiger partial charge in [-0.15, -0.1) is 0 Å². The molecule has 1 aliphatic heterocycles. The van der Waals surface area contributed by atoms with E-state index in [-0.39, 0.29) is 19.3 Å². The van der Waals surface area contributed by atoms with Gasteiger partial charge in [-0.1, -0.05) is 48.5 Å². The minimum atomic E-state index is -0.310. The maximum absolute atomic E-state index is 12.6. The molecule has 0 fully saturated rings. The number of hydrogen-bond acceptors (Lipinski definition) is 6. The molecule has 2 aromatic heterocycles. The zero-order chi connectivity index (χ0) is 24.5. The van der Waals surface area contributed by atoms with Crippen molar-refractivity contribution in [3.05, 3.63) is 90.5 Å². The number of amides is 1. The Labute approximate surface area is 207 Å². The summed E-state index contributed by atoms with van der Waals surface area (Å²) in [5.41, 5.74) is 4.93. The highest BCUT2D eigenvalue weighted by molar-refractivity contribution is 5.95. The Bertz CT molecular complexity index is 1570. The molecule has 8 nitrogen and oxygen atoms in total. The molecule has 0 saturated carbocycles. The van der Waals surface area contributed by atoms with Gasteiger partial charge in [0.25, 0.3) is 5.91 Å². The Morgan fingerprint density at radius 1 is 0.972 bits per heavy atom. The minimum absolute atomic E-state index is 0.175. The standard InChI is InChI=1S/C28H22N4O4/c1-18-14-25(34-16-24(33)29-20-12-13-22-23(15-20)36-17-35-22)30-28-26(18)27(19-8-4-2-5-9-19)31-32(28)21-10-6-3-7-11-21/h2-15H,16-17H2,1H3,(H,29,33). The average molecular weight is 479 g/mol. The van der Waals surface area contributed by atoms with Crippen LogP contribution in [0.3, 0.4) is 0 Å². The monoisotopic (exact) mass is 478 g/mol. The zero-order valence-electron chi connectivity index (χ0n) is 19.5. The molecule has 3 heterocycles. The second-order valence-electron chi connectivity index (χ2n) is 8.34. The van der Waals surface area contributed by atoms with Crippen LogP contribution in [0.4, 0.5) is 5.69 Å². The smallest absolute Gasteiger partial charge is 0.262 e. The van der Waals surface area contributed by atoms with Crippen LogP contribution in [0.2, 0.25) is 0 Å². The molecule has 0 atom stereocenters. The van der Waals surface area contributed by atoms with Gasteiger partial charge in [0.05, 0.1) is 11.1 Å². The molecule has 1 N–H and O–H groups in total. The van der Waals surface area contributed by atoms with Gasteiger partial charge in [0.15, 0.2) is 23.8 Å². The number of hydrogen-bond donors (Lipinski definition) is 1. The molecule has 3 aromatic carbocycles. The quantitative estimate of drug-likeness (QED) is 0.364. The number of aryl methyl sites for hydroxylation is 1. The first-order chi connectivity index (χ1) is 17.7. The average Bonchev–Trinajstić information content (AvgIpc) is 3.53. The fourth-order valence-corrected chi connectivity index (χ4v) is 4.20. The fourth-order valence-electron chi connectivity index (χ4n) is 4.20. The molecule has 8 heteroatoms. The van der Waals surface area contributed by atoms with Crippen molar-refractivity contribution >= 4 is 22.6 Å². The van der Waals surface area contributed by atoms with Crippen molar-refractivity contribution in [3.63, 3.8) is 0 Å². The Morgan fingerprint density at radius 3 is 2.53 bits per heavy atom. The third kappa shape index (κ3) is 4.09. The maximum atomic E-state index is 12.6. The van der Waals surface area contributed by atoms with Crippen LogP contribution in [-0.2, 0) is 4.79 Å². The molecular formula is C28H22N4O4. The number of rotatable bonds is 6. The van der Waals surface area contributed by atoms with Gasteiger partial charge in [-0.25, -0.2) is 4.68 Å². The number of ether oxygens (including phenoxy) is 3. The van der Waals surface area contributed by atoms with Crippen LogP contribution in [0.1, 0.15) is 5.56 Å². The second kappa shape index (κ2) is 9.07. The van der Waals surface area contributed by atoms with Crippen LogP contribution < -0.4 is 19.5 Å². The summed E-state index contributed by atoms with van der Waals surface area (Å²) in [5, 5.41) is 8.65. The van der Waals surface area contributed by atoms with Gasteiger partial charge < -0.3 is 19.5 Å². The first-order valence-electron chi connectivity index (χ1n) is 11.5. The van der Waals surface area contributed by atoms with E-state index in [4.69, 9.17) is 24.3 Å². The van der Waals surface area contributed by atoms with E-state index in [1.807, 2.05) is 78.3 Å². The van der Waals surface area contributed by atoms with Gasteiger partial charge in [0, 0.05) is 23.4 Å². The van der Waals surface area contributed by atoms with Gasteiger partial charge in [-0.3, -0.25) is 4.79 Å². The van der Waals surface area contributed by atoms with E-state index in [0.29, 0.717) is 28.7 Å². The highest BCUT2D eigenvalue weighted by atomic mass is 16.7. The normalized spacial score (nSPS) is 12.0. The van der Waals surface area contributed by atoms with Crippen LogP contribution in [0, 0.1) is 6.92 Å². The molecule has 0 spiro atoms. The zero-order valence-corrected chi connectivity index (χ0v) is 19.5. The largest absolute Gasteiger partial charge is 0.467 e. The predicted octanol–water partition coefficient (Wildman–Crippen LogP) is 5.14. The van der Waals surface area contributed by atoms with Crippen LogP contribution >= 0.6 is 0 Å². The molecule has 5 aromatic rings. The van der Waals surface area contributed by atoms with Gasteiger partial charge >= 0.3 is 0 Å². The molecule has 0 unspecified atom stereocenters. The minimum Gasteiger partial charge on any atom is -0.467 e. The third-order valence-corrected chi connectivity index (χ3v) is 5.87. The lowest BCUT2D eigenvalue weighted by atomic mass is 10.1. The molecule has 0 radical (unpaired) electrons. The van der Waals surface area contributed by atoms with Crippen molar-refractivity contribution in [2.75, 3.05) is 18.7 Å². The lowest BCUT2D eigenvalue weighted by molar-refractivity contribution is -0.118. The molecule has 36 heavy (non-hydrogen) atoms. The van der Waals surface area contributed by atoms with E-state index >= 15 is 0 Å². The van der Waals surface area contributed by atoms with Crippen molar-refractivity contribution in [2.24, 2.45) is 0 Å². The van der Waals surface area contributed by atoms with E-state index < -0.39 is 0 Å². The van der Waals surface area contributed by atoms with Crippen molar-refractivity contribution < 1.29 is 19.0 Å². The number of nitrogens with zero attached hydrogens (tertiary/aromatic N) is 3. The summed E-state index contributed by atoms with van der Waals surface area (Å²) in [6, 6.07) is 26.9. The molecule has 0 bridgehead atoms. The van der Waals surface area contributed by atoms with Crippen molar-refractivity contribution in [3.8, 4) is 34.3 Å². The summed E-state index contributed by atoms with van der Waals surface area (Å²) < 4.78 is 18.3. The van der Waals surface area contributed by atoms with Crippen LogP contribution in [-0.4, -0.2) is 34.1 Å². The fraction of sp³-hybridized carbons (Fsp3) is 0.107. The molecule has 1 aliphatic rings. The van der Waals surface area contributed by atoms with E-state index in [1.165, 1.54) is 0 Å². The first kappa shape index (κ1) is 21.7. The Balaban J connectivity index is 1.30. The summed E-state index contributed by atoms with van der Waals surface area (Å²) in [6.07, 6.45) is 0.